The van der Waals surface area contributed by atoms with Crippen LogP contribution in [0.4, 0.5) is 5.69 Å². The van der Waals surface area contributed by atoms with E-state index in [-0.39, 0.29) is 0 Å². The number of aliphatic carboxylic acids is 1. The molecule has 1 heterocycles. The first-order valence-corrected chi connectivity index (χ1v) is 4.97. The van der Waals surface area contributed by atoms with Crippen LogP contribution < -0.4 is 5.32 Å². The summed E-state index contributed by atoms with van der Waals surface area (Å²) in [6, 6.07) is 7.29. The maximum Gasteiger partial charge on any atom is 0.326 e. The number of thioether (sulfide) groups is 1. The molecule has 0 aliphatic carbocycles. The Hall–Kier alpha value is -1.16. The Balaban J connectivity index is 2.24. The summed E-state index contributed by atoms with van der Waals surface area (Å²) in [5.41, 5.74) is 0.922. The first-order chi connectivity index (χ1) is 6.27. The van der Waals surface area contributed by atoms with Crippen LogP contribution in [0.15, 0.2) is 29.2 Å². The van der Waals surface area contributed by atoms with E-state index >= 15 is 0 Å². The summed E-state index contributed by atoms with van der Waals surface area (Å²) >= 11 is 1.58. The Bertz CT molecular complexity index is 340. The van der Waals surface area contributed by atoms with Crippen molar-refractivity contribution in [2.24, 2.45) is 0 Å². The highest BCUT2D eigenvalue weighted by Gasteiger charge is 2.22. The van der Waals surface area contributed by atoms with Crippen LogP contribution in [0.2, 0.25) is 0 Å². The lowest BCUT2D eigenvalue weighted by atomic mass is 10.2. The van der Waals surface area contributed by atoms with Crippen molar-refractivity contribution in [1.82, 2.24) is 0 Å². The average molecular weight is 195 g/mol. The topological polar surface area (TPSA) is 49.3 Å². The second-order valence-electron chi connectivity index (χ2n) is 2.84. The first-order valence-electron chi connectivity index (χ1n) is 3.98. The zero-order valence-corrected chi connectivity index (χ0v) is 7.67. The lowest BCUT2D eigenvalue weighted by molar-refractivity contribution is -0.137. The van der Waals surface area contributed by atoms with E-state index in [9.17, 15) is 4.79 Å². The molecule has 4 heteroatoms. The van der Waals surface area contributed by atoms with E-state index in [4.69, 9.17) is 5.11 Å². The molecule has 0 saturated carbocycles. The maximum absolute atomic E-state index is 10.7. The molecule has 0 saturated heterocycles. The first kappa shape index (κ1) is 8.44. The van der Waals surface area contributed by atoms with Gasteiger partial charge in [0.2, 0.25) is 0 Å². The van der Waals surface area contributed by atoms with Gasteiger partial charge in [0.05, 0.1) is 0 Å². The molecule has 1 unspecified atom stereocenters. The van der Waals surface area contributed by atoms with Crippen LogP contribution in [0, 0.1) is 0 Å². The molecule has 68 valence electrons. The monoisotopic (exact) mass is 195 g/mol. The third-order valence-corrected chi connectivity index (χ3v) is 3.09. The van der Waals surface area contributed by atoms with Gasteiger partial charge in [-0.25, -0.2) is 4.79 Å². The van der Waals surface area contributed by atoms with Crippen LogP contribution in [0.5, 0.6) is 0 Å². The Kier molecular flexibility index (Phi) is 2.14. The van der Waals surface area contributed by atoms with Gasteiger partial charge in [-0.05, 0) is 12.1 Å². The molecule has 1 aliphatic rings. The lowest BCUT2D eigenvalue weighted by Gasteiger charge is -2.22. The predicted molar refractivity (Wildman–Crippen MR) is 52.2 cm³/mol. The number of para-hydroxylation sites is 1. The molecule has 0 fully saturated rings. The fourth-order valence-electron chi connectivity index (χ4n) is 1.25. The molecular formula is C9H9NO2S. The fraction of sp³-hybridized carbons (Fsp3) is 0.222. The van der Waals surface area contributed by atoms with E-state index in [0.29, 0.717) is 5.75 Å². The molecule has 13 heavy (non-hydrogen) atoms. The minimum absolute atomic E-state index is 0.458. The number of benzene rings is 1. The van der Waals surface area contributed by atoms with Crippen molar-refractivity contribution in [2.75, 3.05) is 11.1 Å². The number of rotatable bonds is 1. The van der Waals surface area contributed by atoms with Crippen molar-refractivity contribution in [2.45, 2.75) is 10.9 Å². The predicted octanol–water partition coefficient (Wildman–Crippen LogP) is 1.66. The smallest absolute Gasteiger partial charge is 0.326 e. The molecule has 0 radical (unpaired) electrons. The summed E-state index contributed by atoms with van der Waals surface area (Å²) in [5, 5.41) is 11.8. The summed E-state index contributed by atoms with van der Waals surface area (Å²) in [4.78, 5) is 11.8. The minimum Gasteiger partial charge on any atom is -0.480 e. The molecule has 1 aromatic rings. The Morgan fingerprint density at radius 3 is 3.08 bits per heavy atom. The number of anilines is 1. The Morgan fingerprint density at radius 1 is 1.54 bits per heavy atom. The van der Waals surface area contributed by atoms with Crippen LogP contribution in [-0.4, -0.2) is 22.9 Å². The normalized spacial score (nSPS) is 20.2. The minimum atomic E-state index is -0.790. The van der Waals surface area contributed by atoms with Crippen molar-refractivity contribution in [3.8, 4) is 0 Å². The van der Waals surface area contributed by atoms with Gasteiger partial charge in [0.1, 0.15) is 6.04 Å². The van der Waals surface area contributed by atoms with Gasteiger partial charge < -0.3 is 10.4 Å². The van der Waals surface area contributed by atoms with Crippen molar-refractivity contribution in [3.63, 3.8) is 0 Å². The summed E-state index contributed by atoms with van der Waals surface area (Å²) in [6.45, 7) is 0. The van der Waals surface area contributed by atoms with E-state index in [0.717, 1.165) is 10.6 Å². The highest BCUT2D eigenvalue weighted by Crippen LogP contribution is 2.32. The standard InChI is InChI=1S/C9H9NO2S/c11-9(12)7-5-13-8-4-2-1-3-6(8)10-7/h1-4,7,10H,5H2,(H,11,12). The molecule has 2 N–H and O–H groups in total. The number of nitrogens with one attached hydrogen (secondary N) is 1. The molecule has 1 aromatic carbocycles. The molecule has 0 spiro atoms. The van der Waals surface area contributed by atoms with E-state index in [2.05, 4.69) is 5.32 Å². The van der Waals surface area contributed by atoms with Gasteiger partial charge in [-0.15, -0.1) is 11.8 Å². The van der Waals surface area contributed by atoms with Crippen molar-refractivity contribution >= 4 is 23.4 Å². The number of hydrogen-bond donors (Lipinski definition) is 2. The van der Waals surface area contributed by atoms with Crippen LogP contribution in [0.1, 0.15) is 0 Å². The van der Waals surface area contributed by atoms with Crippen LogP contribution >= 0.6 is 11.8 Å². The van der Waals surface area contributed by atoms with Gasteiger partial charge in [-0.2, -0.15) is 0 Å². The average Bonchev–Trinajstić information content (AvgIpc) is 2.17. The molecule has 1 atom stereocenters. The van der Waals surface area contributed by atoms with E-state index in [1.165, 1.54) is 0 Å². The third-order valence-electron chi connectivity index (χ3n) is 1.92. The summed E-state index contributed by atoms with van der Waals surface area (Å²) in [7, 11) is 0. The number of hydrogen-bond acceptors (Lipinski definition) is 3. The van der Waals surface area contributed by atoms with Gasteiger partial charge in [0.25, 0.3) is 0 Å². The largest absolute Gasteiger partial charge is 0.480 e. The zero-order chi connectivity index (χ0) is 9.26. The van der Waals surface area contributed by atoms with Gasteiger partial charge in [-0.3, -0.25) is 0 Å². The SMILES string of the molecule is O=C(O)C1CSc2ccccc2N1. The van der Waals surface area contributed by atoms with Crippen molar-refractivity contribution < 1.29 is 9.90 Å². The van der Waals surface area contributed by atoms with E-state index in [1.807, 2.05) is 24.3 Å². The number of carbonyl (C=O) groups is 1. The highest BCUT2D eigenvalue weighted by atomic mass is 32.2. The maximum atomic E-state index is 10.7. The molecule has 0 bridgehead atoms. The molecule has 0 aromatic heterocycles. The highest BCUT2D eigenvalue weighted by molar-refractivity contribution is 7.99. The number of carboxylic acids is 1. The summed E-state index contributed by atoms with van der Waals surface area (Å²) in [5.74, 6) is -0.200. The number of carboxylic acid groups (broad SMARTS) is 1. The Morgan fingerprint density at radius 2 is 2.31 bits per heavy atom. The fourth-order valence-corrected chi connectivity index (χ4v) is 2.28. The zero-order valence-electron chi connectivity index (χ0n) is 6.86. The van der Waals surface area contributed by atoms with Crippen molar-refractivity contribution in [1.29, 1.82) is 0 Å². The van der Waals surface area contributed by atoms with Gasteiger partial charge >= 0.3 is 5.97 Å². The van der Waals surface area contributed by atoms with Gasteiger partial charge in [0, 0.05) is 16.3 Å². The molecular weight excluding hydrogens is 186 g/mol. The van der Waals surface area contributed by atoms with E-state index in [1.54, 1.807) is 11.8 Å². The Labute approximate surface area is 80.1 Å². The van der Waals surface area contributed by atoms with Crippen molar-refractivity contribution in [3.05, 3.63) is 24.3 Å². The van der Waals surface area contributed by atoms with Crippen LogP contribution in [-0.2, 0) is 4.79 Å². The molecule has 1 aliphatic heterocycles. The molecule has 3 nitrogen and oxygen atoms in total. The van der Waals surface area contributed by atoms with Gasteiger partial charge in [-0.1, -0.05) is 12.1 Å². The van der Waals surface area contributed by atoms with Crippen LogP contribution in [0.25, 0.3) is 0 Å². The second-order valence-corrected chi connectivity index (χ2v) is 3.90. The lowest BCUT2D eigenvalue weighted by Crippen LogP contribution is -2.33. The summed E-state index contributed by atoms with van der Waals surface area (Å²) in [6.07, 6.45) is 0. The molecule has 0 amide bonds. The van der Waals surface area contributed by atoms with E-state index < -0.39 is 12.0 Å². The third kappa shape index (κ3) is 1.62. The molecule has 2 rings (SSSR count). The quantitative estimate of drug-likeness (QED) is 0.715. The number of fused-ring (bicyclic) bond motifs is 1. The summed E-state index contributed by atoms with van der Waals surface area (Å²) < 4.78 is 0. The van der Waals surface area contributed by atoms with Crippen LogP contribution in [0.3, 0.4) is 0 Å². The van der Waals surface area contributed by atoms with Gasteiger partial charge in [0.15, 0.2) is 0 Å². The second kappa shape index (κ2) is 3.30.